The van der Waals surface area contributed by atoms with Crippen LogP contribution in [0.5, 0.6) is 0 Å². The van der Waals surface area contributed by atoms with Crippen LogP contribution in [-0.4, -0.2) is 34.7 Å². The Morgan fingerprint density at radius 2 is 1.92 bits per heavy atom. The number of thioether (sulfide) groups is 1. The van der Waals surface area contributed by atoms with Crippen molar-refractivity contribution in [1.29, 1.82) is 0 Å². The molecule has 2 saturated carbocycles. The van der Waals surface area contributed by atoms with Gasteiger partial charge in [0.25, 0.3) is 0 Å². The minimum Gasteiger partial charge on any atom is -0.303 e. The van der Waals surface area contributed by atoms with Crippen molar-refractivity contribution in [2.75, 3.05) is 11.5 Å². The first-order valence-corrected chi connectivity index (χ1v) is 11.6. The number of aromatic nitrogens is 3. The molecule has 9 heteroatoms. The predicted octanol–water partition coefficient (Wildman–Crippen LogP) is 4.36. The first kappa shape index (κ1) is 17.6. The van der Waals surface area contributed by atoms with Gasteiger partial charge in [-0.3, -0.25) is 0 Å². The third-order valence-electron chi connectivity index (χ3n) is 4.36. The van der Waals surface area contributed by atoms with Crippen LogP contribution >= 0.6 is 35.0 Å². The van der Waals surface area contributed by atoms with E-state index in [1.165, 1.54) is 36.7 Å². The van der Waals surface area contributed by atoms with Gasteiger partial charge in [0.05, 0.1) is 15.7 Å². The van der Waals surface area contributed by atoms with Gasteiger partial charge in [-0.25, -0.2) is 8.42 Å². The molecule has 4 rings (SSSR count). The zero-order valence-electron chi connectivity index (χ0n) is 13.4. The van der Waals surface area contributed by atoms with E-state index in [9.17, 15) is 8.42 Å². The van der Waals surface area contributed by atoms with Crippen LogP contribution in [0.15, 0.2) is 28.3 Å². The lowest BCUT2D eigenvalue weighted by molar-refractivity contribution is 0.597. The van der Waals surface area contributed by atoms with E-state index in [-0.39, 0.29) is 15.7 Å². The molecule has 2 aliphatic rings. The van der Waals surface area contributed by atoms with Gasteiger partial charge in [-0.15, -0.1) is 10.2 Å². The van der Waals surface area contributed by atoms with Gasteiger partial charge in [-0.2, -0.15) is 0 Å². The summed E-state index contributed by atoms with van der Waals surface area (Å²) in [7, 11) is -3.49. The summed E-state index contributed by atoms with van der Waals surface area (Å²) in [5.41, 5.74) is 0. The lowest BCUT2D eigenvalue weighted by Crippen LogP contribution is -2.10. The van der Waals surface area contributed by atoms with E-state index in [1.807, 2.05) is 0 Å². The minimum absolute atomic E-state index is 0.0198. The molecular formula is C16H17Cl2N3O2S2. The monoisotopic (exact) mass is 417 g/mol. The van der Waals surface area contributed by atoms with Crippen molar-refractivity contribution < 1.29 is 8.42 Å². The summed E-state index contributed by atoms with van der Waals surface area (Å²) >= 11 is 13.4. The highest BCUT2D eigenvalue weighted by atomic mass is 35.5. The van der Waals surface area contributed by atoms with E-state index in [0.29, 0.717) is 22.7 Å². The van der Waals surface area contributed by atoms with Gasteiger partial charge in [0, 0.05) is 22.7 Å². The van der Waals surface area contributed by atoms with Gasteiger partial charge >= 0.3 is 0 Å². The molecule has 2 fully saturated rings. The molecule has 2 aliphatic carbocycles. The molecule has 0 unspecified atom stereocenters. The Labute approximate surface area is 161 Å². The number of hydrogen-bond acceptors (Lipinski definition) is 5. The first-order valence-electron chi connectivity index (χ1n) is 8.21. The Morgan fingerprint density at radius 1 is 1.16 bits per heavy atom. The molecule has 5 nitrogen and oxygen atoms in total. The second kappa shape index (κ2) is 6.76. The molecule has 25 heavy (non-hydrogen) atoms. The standard InChI is InChI=1S/C16H17Cl2N3O2S2/c17-11-3-6-13(18)14(9-11)25(22,23)8-7-24-16-20-19-15(10-1-2-10)21(16)12-4-5-12/h3,6,9-10,12H,1-2,4-5,7-8H2. The van der Waals surface area contributed by atoms with Crippen molar-refractivity contribution in [1.82, 2.24) is 14.8 Å². The van der Waals surface area contributed by atoms with E-state index in [1.54, 1.807) is 6.07 Å². The molecule has 1 heterocycles. The summed E-state index contributed by atoms with van der Waals surface area (Å²) in [5, 5.41) is 10.0. The Bertz CT molecular complexity index is 906. The maximum Gasteiger partial charge on any atom is 0.191 e. The summed E-state index contributed by atoms with van der Waals surface area (Å²) in [6.07, 6.45) is 4.66. The summed E-state index contributed by atoms with van der Waals surface area (Å²) < 4.78 is 27.3. The zero-order chi connectivity index (χ0) is 17.6. The summed E-state index contributed by atoms with van der Waals surface area (Å²) in [6.45, 7) is 0. The first-order chi connectivity index (χ1) is 12.0. The van der Waals surface area contributed by atoms with Crippen LogP contribution in [0, 0.1) is 0 Å². The van der Waals surface area contributed by atoms with Gasteiger partial charge in [0.15, 0.2) is 15.0 Å². The lowest BCUT2D eigenvalue weighted by Gasteiger charge is -2.09. The molecule has 1 aromatic carbocycles. The quantitative estimate of drug-likeness (QED) is 0.625. The predicted molar refractivity (Wildman–Crippen MR) is 99.5 cm³/mol. The smallest absolute Gasteiger partial charge is 0.191 e. The topological polar surface area (TPSA) is 64.8 Å². The number of rotatable bonds is 7. The highest BCUT2D eigenvalue weighted by molar-refractivity contribution is 8.00. The molecule has 0 radical (unpaired) electrons. The fourth-order valence-electron chi connectivity index (χ4n) is 2.75. The highest BCUT2D eigenvalue weighted by Gasteiger charge is 2.36. The SMILES string of the molecule is O=S(=O)(CCSc1nnc(C2CC2)n1C1CC1)c1cc(Cl)ccc1Cl. The Morgan fingerprint density at radius 3 is 2.60 bits per heavy atom. The van der Waals surface area contributed by atoms with Gasteiger partial charge in [-0.05, 0) is 43.9 Å². The largest absolute Gasteiger partial charge is 0.303 e. The van der Waals surface area contributed by atoms with Gasteiger partial charge in [0.1, 0.15) is 5.82 Å². The van der Waals surface area contributed by atoms with Gasteiger partial charge in [0.2, 0.25) is 0 Å². The molecule has 1 aromatic heterocycles. The molecule has 0 aliphatic heterocycles. The van der Waals surface area contributed by atoms with Crippen LogP contribution < -0.4 is 0 Å². The normalized spacial score (nSPS) is 17.8. The average Bonchev–Trinajstić information content (AvgIpc) is 3.48. The zero-order valence-corrected chi connectivity index (χ0v) is 16.5. The second-order valence-corrected chi connectivity index (χ2v) is 10.4. The maximum atomic E-state index is 12.6. The maximum absolute atomic E-state index is 12.6. The van der Waals surface area contributed by atoms with E-state index < -0.39 is 9.84 Å². The number of halogens is 2. The number of sulfone groups is 1. The molecule has 0 bridgehead atoms. The van der Waals surface area contributed by atoms with Crippen molar-refractivity contribution in [3.05, 3.63) is 34.1 Å². The number of nitrogens with zero attached hydrogens (tertiary/aromatic N) is 3. The van der Waals surface area contributed by atoms with E-state index in [2.05, 4.69) is 14.8 Å². The second-order valence-electron chi connectivity index (χ2n) is 6.46. The highest BCUT2D eigenvalue weighted by Crippen LogP contribution is 2.46. The summed E-state index contributed by atoms with van der Waals surface area (Å²) in [5.74, 6) is 2.00. The van der Waals surface area contributed by atoms with Crippen LogP contribution in [0.25, 0.3) is 0 Å². The molecular weight excluding hydrogens is 401 g/mol. The van der Waals surface area contributed by atoms with Crippen LogP contribution in [0.2, 0.25) is 10.0 Å². The molecule has 0 amide bonds. The van der Waals surface area contributed by atoms with Crippen molar-refractivity contribution in [2.24, 2.45) is 0 Å². The van der Waals surface area contributed by atoms with E-state index in [4.69, 9.17) is 23.2 Å². The Balaban J connectivity index is 1.46. The fourth-order valence-corrected chi connectivity index (χ4v) is 6.22. The third-order valence-corrected chi connectivity index (χ3v) is 7.99. The average molecular weight is 418 g/mol. The van der Waals surface area contributed by atoms with E-state index >= 15 is 0 Å². The van der Waals surface area contributed by atoms with Crippen molar-refractivity contribution in [3.8, 4) is 0 Å². The van der Waals surface area contributed by atoms with Gasteiger partial charge < -0.3 is 4.57 Å². The van der Waals surface area contributed by atoms with Crippen molar-refractivity contribution in [3.63, 3.8) is 0 Å². The fraction of sp³-hybridized carbons (Fsp3) is 0.500. The van der Waals surface area contributed by atoms with Crippen LogP contribution in [-0.2, 0) is 9.84 Å². The molecule has 0 spiro atoms. The van der Waals surface area contributed by atoms with E-state index in [0.717, 1.165) is 23.8 Å². The van der Waals surface area contributed by atoms with Gasteiger partial charge in [-0.1, -0.05) is 35.0 Å². The molecule has 0 saturated heterocycles. The van der Waals surface area contributed by atoms with Crippen LogP contribution in [0.3, 0.4) is 0 Å². The molecule has 134 valence electrons. The molecule has 0 atom stereocenters. The summed E-state index contributed by atoms with van der Waals surface area (Å²) in [6, 6.07) is 4.99. The van der Waals surface area contributed by atoms with Crippen LogP contribution in [0.4, 0.5) is 0 Å². The Hall–Kier alpha value is -0.760. The van der Waals surface area contributed by atoms with Crippen molar-refractivity contribution in [2.45, 2.75) is 47.7 Å². The Kier molecular flexibility index (Phi) is 4.77. The van der Waals surface area contributed by atoms with Crippen molar-refractivity contribution >= 4 is 44.8 Å². The number of benzene rings is 1. The molecule has 2 aromatic rings. The van der Waals surface area contributed by atoms with Crippen LogP contribution in [0.1, 0.15) is 43.5 Å². The lowest BCUT2D eigenvalue weighted by atomic mass is 10.4. The number of hydrogen-bond donors (Lipinski definition) is 0. The summed E-state index contributed by atoms with van der Waals surface area (Å²) in [4.78, 5) is 0.0876. The molecule has 0 N–H and O–H groups in total. The third kappa shape index (κ3) is 3.84. The minimum atomic E-state index is -3.49.